The molecule has 3 aromatic rings. The number of amides is 4. The van der Waals surface area contributed by atoms with Gasteiger partial charge < -0.3 is 94.2 Å². The molecule has 11 N–H and O–H groups in total. The normalized spacial score (nSPS) is 24.2. The highest BCUT2D eigenvalue weighted by atomic mass is 31.2. The second kappa shape index (κ2) is 37.2. The molecule has 0 aromatic heterocycles. The van der Waals surface area contributed by atoms with Crippen LogP contribution in [0.15, 0.2) is 76.0 Å². The first-order valence-electron chi connectivity index (χ1n) is 35.9. The molecule has 5 heterocycles. The number of phenols is 2. The highest BCUT2D eigenvalue weighted by Crippen LogP contribution is 2.64. The Hall–Kier alpha value is -8.38. The first-order valence-corrected chi connectivity index (χ1v) is 39.3. The van der Waals surface area contributed by atoms with Gasteiger partial charge in [0.05, 0.1) is 41.5 Å². The lowest BCUT2D eigenvalue weighted by molar-refractivity contribution is -0.165. The molecule has 0 unspecified atom stereocenters. The van der Waals surface area contributed by atoms with Gasteiger partial charge in [-0.2, -0.15) is 0 Å². The van der Waals surface area contributed by atoms with Crippen LogP contribution in [-0.2, 0) is 66.3 Å². The quantitative estimate of drug-likeness (QED) is 0.00899. The molecule has 5 aliphatic heterocycles. The number of carbonyl (C=O) groups excluding carboxylic acids is 8. The number of likely N-dealkylation sites (tertiary alicyclic amines) is 1. The average molecular weight is 1540 g/mol. The monoisotopic (exact) mass is 1540 g/mol. The van der Waals surface area contributed by atoms with Crippen molar-refractivity contribution in [1.29, 1.82) is 0 Å². The molecule has 588 valence electrons. The molecule has 33 heteroatoms. The summed E-state index contributed by atoms with van der Waals surface area (Å²) in [5.41, 5.74) is -0.554. The number of aliphatic hydroxyl groups excluding tert-OH is 1. The second-order valence-electron chi connectivity index (χ2n) is 28.4. The molecule has 4 amide bonds. The van der Waals surface area contributed by atoms with Gasteiger partial charge in [0, 0.05) is 106 Å². The molecule has 1 fully saturated rings. The lowest BCUT2D eigenvalue weighted by atomic mass is 9.78. The number of allylic oxidation sites excluding steroid dienone is 3. The third-order valence-electron chi connectivity index (χ3n) is 19.6. The summed E-state index contributed by atoms with van der Waals surface area (Å²) in [6.45, 7) is 20.0. The van der Waals surface area contributed by atoms with Crippen LogP contribution in [0.4, 0.5) is 16.2 Å². The maximum Gasteiger partial charge on any atom is 0.410 e. The Kier molecular flexibility index (Phi) is 29.8. The summed E-state index contributed by atoms with van der Waals surface area (Å²) >= 11 is 0. The summed E-state index contributed by atoms with van der Waals surface area (Å²) < 4.78 is 65.4. The van der Waals surface area contributed by atoms with Gasteiger partial charge in [0.15, 0.2) is 11.1 Å². The van der Waals surface area contributed by atoms with E-state index in [2.05, 4.69) is 45.0 Å². The molecular formula is C74H103N7O24P2. The number of aromatic hydroxyl groups is 2. The number of fused-ring (bicyclic) bond motifs is 13. The number of aliphatic hydroxyl groups is 1. The van der Waals surface area contributed by atoms with Crippen molar-refractivity contribution in [2.45, 2.75) is 201 Å². The molecule has 107 heavy (non-hydrogen) atoms. The Morgan fingerprint density at radius 1 is 0.832 bits per heavy atom. The number of Topliss-reactive ketones (excluding diaryl/α,β-unsaturated/α-hetero) is 1. The van der Waals surface area contributed by atoms with Gasteiger partial charge in [-0.3, -0.25) is 47.7 Å². The fourth-order valence-corrected chi connectivity index (χ4v) is 16.7. The lowest BCUT2D eigenvalue weighted by Crippen LogP contribution is -2.50. The Morgan fingerprint density at radius 3 is 2.09 bits per heavy atom. The number of ether oxygens (including phenoxy) is 7. The van der Waals surface area contributed by atoms with Crippen LogP contribution >= 0.6 is 15.2 Å². The van der Waals surface area contributed by atoms with Crippen LogP contribution in [-0.4, -0.2) is 175 Å². The number of rotatable bonds is 26. The van der Waals surface area contributed by atoms with Gasteiger partial charge in [0.25, 0.3) is 11.7 Å². The Morgan fingerprint density at radius 2 is 1.48 bits per heavy atom. The number of piperidine rings is 1. The summed E-state index contributed by atoms with van der Waals surface area (Å²) in [4.78, 5) is 162. The number of unbranched alkanes of at least 4 members (excludes halogenated alkanes) is 5. The third kappa shape index (κ3) is 21.7. The summed E-state index contributed by atoms with van der Waals surface area (Å²) in [6, 6.07) is 3.71. The predicted octanol–water partition coefficient (Wildman–Crippen LogP) is 8.27. The first-order chi connectivity index (χ1) is 50.3. The van der Waals surface area contributed by atoms with Crippen LogP contribution in [0.25, 0.3) is 16.8 Å². The van der Waals surface area contributed by atoms with Gasteiger partial charge in [0.1, 0.15) is 52.7 Å². The molecule has 3 aromatic carbocycles. The predicted molar refractivity (Wildman–Crippen MR) is 393 cm³/mol. The number of carbonyl (C=O) groups is 8. The molecule has 31 nitrogen and oxygen atoms in total. The summed E-state index contributed by atoms with van der Waals surface area (Å²) in [5.74, 6) is -12.8. The van der Waals surface area contributed by atoms with E-state index in [4.69, 9.17) is 38.2 Å². The Bertz CT molecular complexity index is 4140. The van der Waals surface area contributed by atoms with Crippen molar-refractivity contribution >= 4 is 90.9 Å². The molecule has 0 radical (unpaired) electrons. The van der Waals surface area contributed by atoms with E-state index < -0.39 is 165 Å². The van der Waals surface area contributed by atoms with E-state index >= 15 is 4.79 Å². The third-order valence-corrected chi connectivity index (χ3v) is 23.3. The topological polar surface area (TPSA) is 453 Å². The van der Waals surface area contributed by atoms with Crippen molar-refractivity contribution in [2.75, 3.05) is 50.7 Å². The van der Waals surface area contributed by atoms with Crippen molar-refractivity contribution in [2.24, 2.45) is 39.6 Å². The summed E-state index contributed by atoms with van der Waals surface area (Å²) in [7, 11) is -9.40. The number of phenolic OH excluding ortho intramolecular Hbond substituents is 2. The summed E-state index contributed by atoms with van der Waals surface area (Å²) in [5, 5.41) is 44.9. The molecule has 0 saturated carbocycles. The van der Waals surface area contributed by atoms with Crippen LogP contribution in [0.1, 0.15) is 168 Å². The smallest absolute Gasteiger partial charge is 0.410 e. The number of nitrogens with zero attached hydrogens (tertiary/aromatic N) is 3. The zero-order valence-corrected chi connectivity index (χ0v) is 64.5. The summed E-state index contributed by atoms with van der Waals surface area (Å²) in [6.07, 6.45) is 6.74. The van der Waals surface area contributed by atoms with Crippen LogP contribution < -0.4 is 36.7 Å². The van der Waals surface area contributed by atoms with Gasteiger partial charge in [-0.25, -0.2) is 9.79 Å². The van der Waals surface area contributed by atoms with E-state index in [1.54, 1.807) is 33.8 Å². The highest BCUT2D eigenvalue weighted by Gasteiger charge is 2.52. The standard InChI is InChI=1S/C74H103N7O24P2/c1-14-16-17-18-19-20-24-49(71(106(93,94)95)107(96,97)98)35-48-25-27-50(28-26-48)76-53(83)36-51(77-72(92)101-39-100-54(84)15-2)70(91)75-37-55(85)104-65-41(5)22-21-23-42(6)69(90)78-61-60-59(79-74(80-60)30-32-81(33-31-74)38-40(3)4)56-57(64(61)88)63(87)46(10)67-58(56)68(89)73(12,105-67)102-34-29-52(99-13)43(7)66(103-47(11)82)45(9)62(86)44(65)8/h21-23,25-29,34-35,40-41,43-45,51-52,62,65-66,71,79,86-88H,14-20,24,30-33,36-39H2,1-13H3,(H,75,91)(H,76,83)(H,77,92)(H2,93,94,95)(H2,96,97,98)/b22-21+,34-29+,42-23-,49-35+,78-61?/t41-,43+,44-,45+,51+,52-,62+,65-,66+,73-/m0/s1. The minimum absolute atomic E-state index is 0.0153. The van der Waals surface area contributed by atoms with Crippen molar-refractivity contribution in [3.05, 3.63) is 93.4 Å². The van der Waals surface area contributed by atoms with Crippen molar-refractivity contribution in [3.8, 4) is 17.2 Å². The Labute approximate surface area is 621 Å². The molecular weight excluding hydrogens is 1430 g/mol. The zero-order chi connectivity index (χ0) is 79.2. The fourth-order valence-electron chi connectivity index (χ4n) is 13.8. The van der Waals surface area contributed by atoms with Crippen molar-refractivity contribution in [3.63, 3.8) is 0 Å². The molecule has 1 spiro atoms. The Balaban J connectivity index is 1.21. The number of hydrogen-bond donors (Lipinski definition) is 11. The largest absolute Gasteiger partial charge is 0.507 e. The first kappa shape index (κ1) is 85.9. The van der Waals surface area contributed by atoms with E-state index in [1.807, 2.05) is 6.92 Å². The van der Waals surface area contributed by atoms with E-state index in [9.17, 15) is 77.6 Å². The number of benzene rings is 3. The second-order valence-corrected chi connectivity index (χ2v) is 32.2. The number of nitrogens with one attached hydrogen (secondary N) is 4. The highest BCUT2D eigenvalue weighted by molar-refractivity contribution is 7.71. The van der Waals surface area contributed by atoms with Crippen LogP contribution in [0, 0.1) is 36.5 Å². The fraction of sp³-hybridized carbons (Fsp3) is 0.568. The number of methoxy groups -OCH3 is 1. The minimum Gasteiger partial charge on any atom is -0.507 e. The molecule has 10 atom stereocenters. The number of anilines is 2. The minimum atomic E-state index is -5.39. The maximum atomic E-state index is 15.1. The van der Waals surface area contributed by atoms with Gasteiger partial charge in [-0.1, -0.05) is 124 Å². The maximum absolute atomic E-state index is 15.1. The van der Waals surface area contributed by atoms with Crippen LogP contribution in [0.5, 0.6) is 17.2 Å². The van der Waals surface area contributed by atoms with E-state index in [1.165, 1.54) is 96.6 Å². The van der Waals surface area contributed by atoms with Crippen LogP contribution in [0.3, 0.4) is 0 Å². The number of esters is 3. The molecule has 1 saturated heterocycles. The zero-order valence-electron chi connectivity index (χ0n) is 62.7. The lowest BCUT2D eigenvalue weighted by Gasteiger charge is -2.39. The number of alkyl carbamates (subject to hydrolysis) is 1. The van der Waals surface area contributed by atoms with E-state index in [-0.39, 0.29) is 79.3 Å². The van der Waals surface area contributed by atoms with Gasteiger partial charge in [-0.15, -0.1) is 0 Å². The van der Waals surface area contributed by atoms with Crippen molar-refractivity contribution in [1.82, 2.24) is 15.5 Å². The number of hydrogen-bond acceptors (Lipinski definition) is 23. The van der Waals surface area contributed by atoms with E-state index in [0.29, 0.717) is 44.7 Å². The average Bonchev–Trinajstić information content (AvgIpc) is 1.56. The molecule has 0 aliphatic carbocycles. The van der Waals surface area contributed by atoms with Crippen molar-refractivity contribution < 1.29 is 116 Å². The molecule has 5 aliphatic rings. The number of ketones is 1. The SMILES string of the molecule is CCCCCCCC/C(=C\c1ccc(NC(=O)C[C@@H](NC(=O)OCOC(=O)CC)C(=O)NCC(=O)O[C@@H]2[C@@H](C)[C@@H](O)[C@@H](C)[C@H](OC(C)=O)[C@H](C)[C@@H](OC)/C=C/O[C@@]3(C)Oc4c(C)c(O)c5c(O)c(c6c(c5c4C3=O)NC3(CCN(CC(C)C)CC3)N=6)=NC(=O)/C(C)=C\C=C\[C@@H]2C)cc1)C(P(=O)(O)O)P(=O)(O)O. The van der Waals surface area contributed by atoms with E-state index in [0.717, 1.165) is 32.2 Å². The van der Waals surface area contributed by atoms with Gasteiger partial charge >= 0.3 is 45.0 Å². The molecule has 5 bridgehead atoms. The van der Waals surface area contributed by atoms with Gasteiger partial charge in [-0.05, 0) is 62.0 Å². The molecule has 8 rings (SSSR count). The van der Waals surface area contributed by atoms with Crippen LogP contribution in [0.2, 0.25) is 0 Å². The van der Waals surface area contributed by atoms with Gasteiger partial charge in [0.2, 0.25) is 18.6 Å².